The van der Waals surface area contributed by atoms with Gasteiger partial charge in [0.15, 0.2) is 0 Å². The quantitative estimate of drug-likeness (QED) is 0.701. The maximum atomic E-state index is 10.8. The molecule has 0 bridgehead atoms. The summed E-state index contributed by atoms with van der Waals surface area (Å²) in [7, 11) is 0. The highest BCUT2D eigenvalue weighted by Crippen LogP contribution is 2.17. The highest BCUT2D eigenvalue weighted by Gasteiger charge is 2.13. The van der Waals surface area contributed by atoms with Gasteiger partial charge in [-0.25, -0.2) is 4.98 Å². The Morgan fingerprint density at radius 1 is 1.36 bits per heavy atom. The number of carbonyl (C=O) groups is 1. The van der Waals surface area contributed by atoms with Crippen molar-refractivity contribution in [3.63, 3.8) is 0 Å². The molecule has 0 N–H and O–H groups in total. The van der Waals surface area contributed by atoms with E-state index in [9.17, 15) is 4.79 Å². The van der Waals surface area contributed by atoms with E-state index in [0.29, 0.717) is 5.56 Å². The average Bonchev–Trinajstić information content (AvgIpc) is 2.71. The minimum atomic E-state index is -0.453. The molecule has 4 heteroatoms. The molecule has 0 atom stereocenters. The predicted molar refractivity (Wildman–Crippen MR) is 55.9 cm³/mol. The third-order valence-corrected chi connectivity index (χ3v) is 2.62. The summed E-state index contributed by atoms with van der Waals surface area (Å²) >= 11 is 5.32. The van der Waals surface area contributed by atoms with Crippen molar-refractivity contribution >= 4 is 22.7 Å². The molecule has 0 aromatic carbocycles. The number of halogens is 1. The molecule has 0 aliphatic carbocycles. The molecular formula is C10H11ClN2O. The van der Waals surface area contributed by atoms with Gasteiger partial charge in [0.2, 0.25) is 0 Å². The summed E-state index contributed by atoms with van der Waals surface area (Å²) in [6.45, 7) is 2.11. The topological polar surface area (TPSA) is 33.2 Å². The van der Waals surface area contributed by atoms with Gasteiger partial charge in [-0.3, -0.25) is 4.79 Å². The number of carbonyl (C=O) groups excluding carboxylic acids is 1. The molecule has 0 saturated carbocycles. The van der Waals surface area contributed by atoms with Crippen LogP contribution < -0.4 is 4.90 Å². The molecule has 1 aliphatic rings. The van der Waals surface area contributed by atoms with Crippen LogP contribution in [0.1, 0.15) is 23.2 Å². The molecule has 1 aliphatic heterocycles. The van der Waals surface area contributed by atoms with E-state index in [1.54, 1.807) is 6.07 Å². The lowest BCUT2D eigenvalue weighted by Crippen LogP contribution is -2.18. The molecule has 14 heavy (non-hydrogen) atoms. The molecule has 2 rings (SSSR count). The normalized spacial score (nSPS) is 15.9. The Balaban J connectivity index is 2.16. The number of hydrogen-bond donors (Lipinski definition) is 0. The number of rotatable bonds is 2. The monoisotopic (exact) mass is 210 g/mol. The Bertz CT molecular complexity index is 330. The summed E-state index contributed by atoms with van der Waals surface area (Å²) in [6, 6.07) is 3.57. The Hall–Kier alpha value is -1.09. The summed E-state index contributed by atoms with van der Waals surface area (Å²) in [5.41, 5.74) is 0.453. The zero-order chi connectivity index (χ0) is 9.97. The van der Waals surface area contributed by atoms with Crippen molar-refractivity contribution in [3.8, 4) is 0 Å². The number of pyridine rings is 1. The van der Waals surface area contributed by atoms with Crippen molar-refractivity contribution in [2.45, 2.75) is 12.8 Å². The van der Waals surface area contributed by atoms with Gasteiger partial charge in [-0.05, 0) is 36.6 Å². The molecule has 1 aromatic heterocycles. The summed E-state index contributed by atoms with van der Waals surface area (Å²) < 4.78 is 0. The van der Waals surface area contributed by atoms with Gasteiger partial charge in [0, 0.05) is 19.3 Å². The molecule has 1 aromatic rings. The first kappa shape index (κ1) is 9.46. The van der Waals surface area contributed by atoms with Crippen LogP contribution in [0.5, 0.6) is 0 Å². The maximum Gasteiger partial charge on any atom is 0.253 e. The molecule has 0 unspecified atom stereocenters. The minimum absolute atomic E-state index is 0.453. The van der Waals surface area contributed by atoms with Crippen molar-refractivity contribution in [1.82, 2.24) is 4.98 Å². The number of anilines is 1. The Morgan fingerprint density at radius 3 is 2.57 bits per heavy atom. The first-order chi connectivity index (χ1) is 6.77. The van der Waals surface area contributed by atoms with Gasteiger partial charge in [-0.2, -0.15) is 0 Å². The minimum Gasteiger partial charge on any atom is -0.357 e. The zero-order valence-corrected chi connectivity index (χ0v) is 8.50. The van der Waals surface area contributed by atoms with E-state index in [1.165, 1.54) is 19.0 Å². The van der Waals surface area contributed by atoms with Gasteiger partial charge in [0.25, 0.3) is 5.24 Å². The third-order valence-electron chi connectivity index (χ3n) is 2.40. The fourth-order valence-electron chi connectivity index (χ4n) is 1.64. The van der Waals surface area contributed by atoms with Crippen LogP contribution in [0.4, 0.5) is 5.82 Å². The van der Waals surface area contributed by atoms with Crippen LogP contribution in [0.3, 0.4) is 0 Å². The van der Waals surface area contributed by atoms with Crippen LogP contribution in [-0.2, 0) is 0 Å². The van der Waals surface area contributed by atoms with E-state index in [1.807, 2.05) is 6.07 Å². The van der Waals surface area contributed by atoms with Gasteiger partial charge < -0.3 is 4.90 Å². The summed E-state index contributed by atoms with van der Waals surface area (Å²) in [5.74, 6) is 0.934. The number of hydrogen-bond acceptors (Lipinski definition) is 3. The van der Waals surface area contributed by atoms with E-state index in [0.717, 1.165) is 18.9 Å². The van der Waals surface area contributed by atoms with E-state index in [2.05, 4.69) is 9.88 Å². The van der Waals surface area contributed by atoms with Gasteiger partial charge in [0.1, 0.15) is 5.82 Å². The first-order valence-corrected chi connectivity index (χ1v) is 5.06. The fourth-order valence-corrected chi connectivity index (χ4v) is 1.75. The van der Waals surface area contributed by atoms with Crippen LogP contribution in [-0.4, -0.2) is 23.3 Å². The molecule has 0 amide bonds. The second-order valence-electron chi connectivity index (χ2n) is 3.37. The van der Waals surface area contributed by atoms with Crippen molar-refractivity contribution in [2.75, 3.05) is 18.0 Å². The van der Waals surface area contributed by atoms with Gasteiger partial charge >= 0.3 is 0 Å². The van der Waals surface area contributed by atoms with E-state index < -0.39 is 5.24 Å². The van der Waals surface area contributed by atoms with E-state index in [4.69, 9.17) is 11.6 Å². The van der Waals surface area contributed by atoms with Gasteiger partial charge in [0.05, 0.1) is 5.56 Å². The lowest BCUT2D eigenvalue weighted by molar-refractivity contribution is 0.108. The van der Waals surface area contributed by atoms with Crippen molar-refractivity contribution in [3.05, 3.63) is 23.9 Å². The predicted octanol–water partition coefficient (Wildman–Crippen LogP) is 2.06. The Labute approximate surface area is 87.7 Å². The molecule has 0 radical (unpaired) electrons. The molecule has 3 nitrogen and oxygen atoms in total. The molecule has 1 saturated heterocycles. The van der Waals surface area contributed by atoms with E-state index >= 15 is 0 Å². The Kier molecular flexibility index (Phi) is 2.68. The van der Waals surface area contributed by atoms with E-state index in [-0.39, 0.29) is 0 Å². The Morgan fingerprint density at radius 2 is 2.07 bits per heavy atom. The first-order valence-electron chi connectivity index (χ1n) is 4.68. The number of nitrogens with zero attached hydrogens (tertiary/aromatic N) is 2. The van der Waals surface area contributed by atoms with Crippen molar-refractivity contribution in [1.29, 1.82) is 0 Å². The van der Waals surface area contributed by atoms with Crippen LogP contribution >= 0.6 is 11.6 Å². The standard InChI is InChI=1S/C10H11ClN2O/c11-10(14)8-3-4-9(12-7-8)13-5-1-2-6-13/h3-4,7H,1-2,5-6H2. The number of aromatic nitrogens is 1. The molecule has 1 fully saturated rings. The lowest BCUT2D eigenvalue weighted by atomic mass is 10.3. The highest BCUT2D eigenvalue weighted by molar-refractivity contribution is 6.67. The summed E-state index contributed by atoms with van der Waals surface area (Å²) in [4.78, 5) is 17.2. The maximum absolute atomic E-state index is 10.8. The molecule has 74 valence electrons. The van der Waals surface area contributed by atoms with Gasteiger partial charge in [-0.1, -0.05) is 0 Å². The SMILES string of the molecule is O=C(Cl)c1ccc(N2CCCC2)nc1. The third kappa shape index (κ3) is 1.87. The average molecular weight is 211 g/mol. The van der Waals surface area contributed by atoms with Crippen LogP contribution in [0.2, 0.25) is 0 Å². The largest absolute Gasteiger partial charge is 0.357 e. The molecular weight excluding hydrogens is 200 g/mol. The van der Waals surface area contributed by atoms with Crippen LogP contribution in [0.25, 0.3) is 0 Å². The van der Waals surface area contributed by atoms with Crippen LogP contribution in [0, 0.1) is 0 Å². The summed E-state index contributed by atoms with van der Waals surface area (Å²) in [5, 5.41) is -0.453. The van der Waals surface area contributed by atoms with Gasteiger partial charge in [-0.15, -0.1) is 0 Å². The zero-order valence-electron chi connectivity index (χ0n) is 7.74. The van der Waals surface area contributed by atoms with Crippen LogP contribution in [0.15, 0.2) is 18.3 Å². The smallest absolute Gasteiger partial charge is 0.253 e. The van der Waals surface area contributed by atoms with Crippen molar-refractivity contribution < 1.29 is 4.79 Å². The second kappa shape index (κ2) is 3.96. The lowest BCUT2D eigenvalue weighted by Gasteiger charge is -2.15. The molecule has 2 heterocycles. The second-order valence-corrected chi connectivity index (χ2v) is 3.72. The fraction of sp³-hybridized carbons (Fsp3) is 0.400. The molecule has 0 spiro atoms. The highest BCUT2D eigenvalue weighted by atomic mass is 35.5. The summed E-state index contributed by atoms with van der Waals surface area (Å²) in [6.07, 6.45) is 3.97. The van der Waals surface area contributed by atoms with Crippen molar-refractivity contribution in [2.24, 2.45) is 0 Å².